The zero-order valence-corrected chi connectivity index (χ0v) is 15.0. The fourth-order valence-corrected chi connectivity index (χ4v) is 3.36. The Kier molecular flexibility index (Phi) is 5.09. The highest BCUT2D eigenvalue weighted by molar-refractivity contribution is 5.93. The summed E-state index contributed by atoms with van der Waals surface area (Å²) in [7, 11) is 0. The van der Waals surface area contributed by atoms with Gasteiger partial charge in [-0.25, -0.2) is 0 Å². The van der Waals surface area contributed by atoms with Crippen molar-refractivity contribution in [2.75, 3.05) is 24.5 Å². The molecule has 7 heteroatoms. The lowest BCUT2D eigenvalue weighted by molar-refractivity contribution is 0.0945. The van der Waals surface area contributed by atoms with E-state index in [4.69, 9.17) is 0 Å². The number of carbonyl (C=O) groups excluding carboxylic acids is 1. The summed E-state index contributed by atoms with van der Waals surface area (Å²) in [5.41, 5.74) is 2.74. The molecule has 0 spiro atoms. The number of nitrogens with zero attached hydrogens (tertiary/aromatic N) is 4. The number of aromatic nitrogens is 4. The van der Waals surface area contributed by atoms with Crippen molar-refractivity contribution in [3.63, 3.8) is 0 Å². The largest absolute Gasteiger partial charge is 0.355 e. The van der Waals surface area contributed by atoms with Crippen LogP contribution < -0.4 is 10.2 Å². The van der Waals surface area contributed by atoms with E-state index in [2.05, 4.69) is 36.4 Å². The lowest BCUT2D eigenvalue weighted by atomic mass is 9.96. The molecule has 1 fully saturated rings. The molecule has 0 unspecified atom stereocenters. The normalized spacial score (nSPS) is 14.9. The Morgan fingerprint density at radius 1 is 1.07 bits per heavy atom. The molecule has 0 saturated carbocycles. The molecule has 4 heterocycles. The van der Waals surface area contributed by atoms with Crippen LogP contribution in [0.5, 0.6) is 0 Å². The summed E-state index contributed by atoms with van der Waals surface area (Å²) in [6.45, 7) is 2.59. The fourth-order valence-electron chi connectivity index (χ4n) is 3.36. The number of amides is 1. The molecule has 2 N–H and O–H groups in total. The lowest BCUT2D eigenvalue weighted by Gasteiger charge is -2.32. The van der Waals surface area contributed by atoms with Crippen LogP contribution in [0.4, 0.5) is 5.82 Å². The molecular weight excluding hydrogens is 340 g/mol. The van der Waals surface area contributed by atoms with Gasteiger partial charge in [-0.1, -0.05) is 0 Å². The highest BCUT2D eigenvalue weighted by Crippen LogP contribution is 2.25. The van der Waals surface area contributed by atoms with Crippen molar-refractivity contribution < 1.29 is 4.79 Å². The van der Waals surface area contributed by atoms with Crippen LogP contribution in [0.1, 0.15) is 23.2 Å². The molecule has 7 nitrogen and oxygen atoms in total. The first-order valence-electron chi connectivity index (χ1n) is 9.18. The molecule has 1 amide bonds. The smallest absolute Gasteiger partial charge is 0.251 e. The third kappa shape index (κ3) is 4.13. The van der Waals surface area contributed by atoms with Gasteiger partial charge in [0, 0.05) is 61.6 Å². The minimum atomic E-state index is -0.0332. The van der Waals surface area contributed by atoms with E-state index in [0.717, 1.165) is 43.0 Å². The number of hydrogen-bond donors (Lipinski definition) is 2. The topological polar surface area (TPSA) is 86.8 Å². The summed E-state index contributed by atoms with van der Waals surface area (Å²) in [6, 6.07) is 9.48. The second-order valence-corrected chi connectivity index (χ2v) is 6.75. The van der Waals surface area contributed by atoms with Gasteiger partial charge in [-0.15, -0.1) is 0 Å². The Balaban J connectivity index is 1.28. The molecule has 0 radical (unpaired) electrons. The maximum absolute atomic E-state index is 12.1. The molecule has 3 aromatic rings. The Morgan fingerprint density at radius 2 is 1.74 bits per heavy atom. The molecule has 0 aliphatic carbocycles. The molecule has 0 aromatic carbocycles. The van der Waals surface area contributed by atoms with E-state index in [0.29, 0.717) is 18.0 Å². The van der Waals surface area contributed by atoms with Crippen molar-refractivity contribution in [2.45, 2.75) is 12.8 Å². The molecular formula is C20H22N6O. The van der Waals surface area contributed by atoms with Crippen LogP contribution in [0.15, 0.2) is 55.1 Å². The van der Waals surface area contributed by atoms with Gasteiger partial charge in [-0.3, -0.25) is 19.9 Å². The van der Waals surface area contributed by atoms with Gasteiger partial charge in [-0.2, -0.15) is 5.10 Å². The minimum Gasteiger partial charge on any atom is -0.355 e. The van der Waals surface area contributed by atoms with E-state index < -0.39 is 0 Å². The second kappa shape index (κ2) is 7.99. The van der Waals surface area contributed by atoms with Crippen LogP contribution in [-0.2, 0) is 0 Å². The van der Waals surface area contributed by atoms with Gasteiger partial charge in [0.2, 0.25) is 0 Å². The van der Waals surface area contributed by atoms with Gasteiger partial charge in [0.15, 0.2) is 5.82 Å². The summed E-state index contributed by atoms with van der Waals surface area (Å²) < 4.78 is 0. The Labute approximate surface area is 157 Å². The first-order chi connectivity index (χ1) is 13.3. The first kappa shape index (κ1) is 17.2. The summed E-state index contributed by atoms with van der Waals surface area (Å²) in [5, 5.41) is 10.6. The third-order valence-electron chi connectivity index (χ3n) is 4.99. The van der Waals surface area contributed by atoms with Gasteiger partial charge in [0.1, 0.15) is 0 Å². The standard InChI is InChI=1S/C20H22N6O/c27-20(17-3-9-22-10-4-17)23-14-15-5-11-26(12-6-15)19-13-18(24-25-19)16-1-7-21-8-2-16/h1-4,7-10,13,15H,5-6,11-12,14H2,(H,23,27)(H,24,25). The lowest BCUT2D eigenvalue weighted by Crippen LogP contribution is -2.38. The molecule has 3 aromatic heterocycles. The molecule has 0 atom stereocenters. The zero-order chi connectivity index (χ0) is 18.5. The maximum atomic E-state index is 12.1. The van der Waals surface area contributed by atoms with Gasteiger partial charge in [0.05, 0.1) is 5.69 Å². The van der Waals surface area contributed by atoms with Crippen molar-refractivity contribution in [3.8, 4) is 11.3 Å². The van der Waals surface area contributed by atoms with Crippen LogP contribution in [0.25, 0.3) is 11.3 Å². The van der Waals surface area contributed by atoms with Crippen molar-refractivity contribution in [1.82, 2.24) is 25.5 Å². The number of H-pyrrole nitrogens is 1. The minimum absolute atomic E-state index is 0.0332. The van der Waals surface area contributed by atoms with E-state index in [1.165, 1.54) is 0 Å². The van der Waals surface area contributed by atoms with Crippen molar-refractivity contribution >= 4 is 11.7 Å². The van der Waals surface area contributed by atoms with Crippen LogP contribution in [-0.4, -0.2) is 45.7 Å². The van der Waals surface area contributed by atoms with Crippen LogP contribution >= 0.6 is 0 Å². The van der Waals surface area contributed by atoms with Crippen LogP contribution in [0, 0.1) is 5.92 Å². The van der Waals surface area contributed by atoms with Crippen molar-refractivity contribution in [3.05, 3.63) is 60.7 Å². The van der Waals surface area contributed by atoms with Gasteiger partial charge in [-0.05, 0) is 43.0 Å². The summed E-state index contributed by atoms with van der Waals surface area (Å²) in [6.07, 6.45) is 8.90. The Morgan fingerprint density at radius 3 is 2.44 bits per heavy atom. The number of piperidine rings is 1. The molecule has 1 aliphatic rings. The fraction of sp³-hybridized carbons (Fsp3) is 0.300. The number of carbonyl (C=O) groups is 1. The SMILES string of the molecule is O=C(NCC1CCN(c2cc(-c3ccncc3)[nH]n2)CC1)c1ccncc1. The number of anilines is 1. The summed E-state index contributed by atoms with van der Waals surface area (Å²) in [5.74, 6) is 1.43. The second-order valence-electron chi connectivity index (χ2n) is 6.75. The van der Waals surface area contributed by atoms with E-state index in [1.807, 2.05) is 12.1 Å². The predicted molar refractivity (Wildman–Crippen MR) is 103 cm³/mol. The molecule has 0 bridgehead atoms. The van der Waals surface area contributed by atoms with E-state index >= 15 is 0 Å². The van der Waals surface area contributed by atoms with Gasteiger partial charge >= 0.3 is 0 Å². The first-order valence-corrected chi connectivity index (χ1v) is 9.18. The highest BCUT2D eigenvalue weighted by Gasteiger charge is 2.21. The summed E-state index contributed by atoms with van der Waals surface area (Å²) in [4.78, 5) is 22.4. The molecule has 4 rings (SSSR count). The van der Waals surface area contributed by atoms with Crippen LogP contribution in [0.2, 0.25) is 0 Å². The van der Waals surface area contributed by atoms with Crippen molar-refractivity contribution in [2.24, 2.45) is 5.92 Å². The predicted octanol–water partition coefficient (Wildman–Crippen LogP) is 2.51. The number of rotatable bonds is 5. The number of aromatic amines is 1. The monoisotopic (exact) mass is 362 g/mol. The average molecular weight is 362 g/mol. The molecule has 1 saturated heterocycles. The maximum Gasteiger partial charge on any atom is 0.251 e. The van der Waals surface area contributed by atoms with Crippen LogP contribution in [0.3, 0.4) is 0 Å². The number of nitrogens with one attached hydrogen (secondary N) is 2. The van der Waals surface area contributed by atoms with E-state index in [1.54, 1.807) is 36.9 Å². The quantitative estimate of drug-likeness (QED) is 0.728. The van der Waals surface area contributed by atoms with Crippen molar-refractivity contribution in [1.29, 1.82) is 0 Å². The van der Waals surface area contributed by atoms with E-state index in [9.17, 15) is 4.79 Å². The zero-order valence-electron chi connectivity index (χ0n) is 15.0. The molecule has 27 heavy (non-hydrogen) atoms. The van der Waals surface area contributed by atoms with E-state index in [-0.39, 0.29) is 5.91 Å². The van der Waals surface area contributed by atoms with Gasteiger partial charge < -0.3 is 10.2 Å². The third-order valence-corrected chi connectivity index (χ3v) is 4.99. The molecule has 1 aliphatic heterocycles. The Hall–Kier alpha value is -3.22. The van der Waals surface area contributed by atoms with Gasteiger partial charge in [0.25, 0.3) is 5.91 Å². The molecule has 138 valence electrons. The number of pyridine rings is 2. The average Bonchev–Trinajstić information content (AvgIpc) is 3.24. The highest BCUT2D eigenvalue weighted by atomic mass is 16.1. The number of hydrogen-bond acceptors (Lipinski definition) is 5. The Bertz CT molecular complexity index is 872. The summed E-state index contributed by atoms with van der Waals surface area (Å²) >= 11 is 0.